The van der Waals surface area contributed by atoms with Gasteiger partial charge in [0.15, 0.2) is 5.65 Å². The lowest BCUT2D eigenvalue weighted by molar-refractivity contribution is 0.262. The standard InChI is InChI=1S/C21H17N5OS/c1-14-17(25-21(27)24-15-8-4-2-5-9-15)12-18-20(23-14)26-19(13-22-18)28-16-10-6-3-7-11-16/h2-13H,1H3,(H2,24,25,27). The fraction of sp³-hybridized carbons (Fsp3) is 0.0476. The highest BCUT2D eigenvalue weighted by atomic mass is 32.2. The lowest BCUT2D eigenvalue weighted by Gasteiger charge is -2.10. The van der Waals surface area contributed by atoms with Crippen molar-refractivity contribution in [2.45, 2.75) is 16.8 Å². The summed E-state index contributed by atoms with van der Waals surface area (Å²) in [6, 6.07) is 20.7. The number of amides is 2. The zero-order valence-electron chi connectivity index (χ0n) is 15.1. The van der Waals surface area contributed by atoms with Crippen LogP contribution in [0.3, 0.4) is 0 Å². The summed E-state index contributed by atoms with van der Waals surface area (Å²) < 4.78 is 0. The van der Waals surface area contributed by atoms with Crippen LogP contribution in [0.2, 0.25) is 0 Å². The van der Waals surface area contributed by atoms with Gasteiger partial charge < -0.3 is 10.6 Å². The largest absolute Gasteiger partial charge is 0.323 e. The second kappa shape index (κ2) is 8.06. The Bertz CT molecular complexity index is 1120. The molecule has 2 heterocycles. The Balaban J connectivity index is 1.53. The number of aromatic nitrogens is 3. The lowest BCUT2D eigenvalue weighted by atomic mass is 10.3. The zero-order chi connectivity index (χ0) is 19.3. The number of hydrogen-bond acceptors (Lipinski definition) is 5. The van der Waals surface area contributed by atoms with E-state index >= 15 is 0 Å². The van der Waals surface area contributed by atoms with Crippen molar-refractivity contribution in [2.75, 3.05) is 10.6 Å². The molecule has 0 aliphatic heterocycles. The maximum absolute atomic E-state index is 12.2. The quantitative estimate of drug-likeness (QED) is 0.507. The molecule has 6 nitrogen and oxygen atoms in total. The van der Waals surface area contributed by atoms with Crippen molar-refractivity contribution in [3.05, 3.63) is 78.6 Å². The van der Waals surface area contributed by atoms with Crippen LogP contribution in [0.4, 0.5) is 16.2 Å². The number of benzene rings is 2. The Hall–Kier alpha value is -3.45. The van der Waals surface area contributed by atoms with Gasteiger partial charge in [0, 0.05) is 10.6 Å². The molecule has 7 heteroatoms. The van der Waals surface area contributed by atoms with Crippen molar-refractivity contribution in [3.63, 3.8) is 0 Å². The number of anilines is 2. The Morgan fingerprint density at radius 2 is 1.64 bits per heavy atom. The van der Waals surface area contributed by atoms with E-state index in [1.807, 2.05) is 67.6 Å². The molecule has 0 fully saturated rings. The third-order valence-electron chi connectivity index (χ3n) is 3.95. The summed E-state index contributed by atoms with van der Waals surface area (Å²) in [5, 5.41) is 6.38. The highest BCUT2D eigenvalue weighted by molar-refractivity contribution is 7.99. The topological polar surface area (TPSA) is 79.8 Å². The minimum Gasteiger partial charge on any atom is -0.308 e. The fourth-order valence-corrected chi connectivity index (χ4v) is 3.38. The van der Waals surface area contributed by atoms with Gasteiger partial charge in [-0.25, -0.2) is 19.7 Å². The molecule has 0 unspecified atom stereocenters. The molecule has 0 aliphatic carbocycles. The number of rotatable bonds is 4. The van der Waals surface area contributed by atoms with Crippen LogP contribution >= 0.6 is 11.8 Å². The van der Waals surface area contributed by atoms with E-state index in [4.69, 9.17) is 0 Å². The molecule has 0 atom stereocenters. The molecule has 0 saturated carbocycles. The second-order valence-corrected chi connectivity index (χ2v) is 7.13. The Kier molecular flexibility index (Phi) is 5.16. The van der Waals surface area contributed by atoms with Gasteiger partial charge in [-0.15, -0.1) is 0 Å². The van der Waals surface area contributed by atoms with Crippen LogP contribution in [0.15, 0.2) is 82.8 Å². The van der Waals surface area contributed by atoms with Gasteiger partial charge in [0.25, 0.3) is 0 Å². The van der Waals surface area contributed by atoms with E-state index in [1.165, 1.54) is 11.8 Å². The number of carbonyl (C=O) groups excluding carboxylic acids is 1. The molecule has 4 rings (SSSR count). The third-order valence-corrected chi connectivity index (χ3v) is 4.86. The average Bonchev–Trinajstić information content (AvgIpc) is 2.70. The molecular weight excluding hydrogens is 370 g/mol. The molecule has 4 aromatic rings. The maximum atomic E-state index is 12.2. The summed E-state index contributed by atoms with van der Waals surface area (Å²) >= 11 is 1.53. The Morgan fingerprint density at radius 3 is 2.39 bits per heavy atom. The van der Waals surface area contributed by atoms with E-state index in [0.29, 0.717) is 28.2 Å². The van der Waals surface area contributed by atoms with Crippen LogP contribution in [0.25, 0.3) is 11.2 Å². The maximum Gasteiger partial charge on any atom is 0.323 e. The minimum absolute atomic E-state index is 0.334. The number of nitrogens with zero attached hydrogens (tertiary/aromatic N) is 3. The van der Waals surface area contributed by atoms with Gasteiger partial charge in [-0.3, -0.25) is 0 Å². The first-order chi connectivity index (χ1) is 13.7. The monoisotopic (exact) mass is 387 g/mol. The van der Waals surface area contributed by atoms with E-state index < -0.39 is 0 Å². The van der Waals surface area contributed by atoms with Gasteiger partial charge in [-0.1, -0.05) is 48.2 Å². The molecule has 0 aliphatic rings. The second-order valence-electron chi connectivity index (χ2n) is 6.03. The number of urea groups is 1. The van der Waals surface area contributed by atoms with Crippen molar-refractivity contribution in [1.29, 1.82) is 0 Å². The van der Waals surface area contributed by atoms with E-state index in [-0.39, 0.29) is 6.03 Å². The molecule has 2 amide bonds. The van der Waals surface area contributed by atoms with Crippen LogP contribution in [0.1, 0.15) is 5.69 Å². The van der Waals surface area contributed by atoms with Gasteiger partial charge in [0.05, 0.1) is 17.6 Å². The van der Waals surface area contributed by atoms with E-state index in [9.17, 15) is 4.79 Å². The van der Waals surface area contributed by atoms with Crippen molar-refractivity contribution in [1.82, 2.24) is 15.0 Å². The van der Waals surface area contributed by atoms with Crippen molar-refractivity contribution in [2.24, 2.45) is 0 Å². The molecule has 28 heavy (non-hydrogen) atoms. The predicted molar refractivity (Wildman–Crippen MR) is 112 cm³/mol. The molecule has 2 N–H and O–H groups in total. The zero-order valence-corrected chi connectivity index (χ0v) is 15.9. The van der Waals surface area contributed by atoms with Crippen molar-refractivity contribution < 1.29 is 4.79 Å². The molecule has 2 aromatic heterocycles. The Labute approximate surface area is 166 Å². The number of pyridine rings is 1. The first-order valence-corrected chi connectivity index (χ1v) is 9.49. The third kappa shape index (κ3) is 4.27. The van der Waals surface area contributed by atoms with Crippen LogP contribution < -0.4 is 10.6 Å². The first kappa shape index (κ1) is 17.9. The predicted octanol–water partition coefficient (Wildman–Crippen LogP) is 5.13. The smallest absolute Gasteiger partial charge is 0.308 e. The fourth-order valence-electron chi connectivity index (χ4n) is 2.61. The van der Waals surface area contributed by atoms with E-state index in [0.717, 1.165) is 9.92 Å². The molecule has 0 saturated heterocycles. The van der Waals surface area contributed by atoms with E-state index in [2.05, 4.69) is 25.6 Å². The number of nitrogens with one attached hydrogen (secondary N) is 2. The number of carbonyl (C=O) groups is 1. The van der Waals surface area contributed by atoms with Crippen LogP contribution in [-0.4, -0.2) is 21.0 Å². The van der Waals surface area contributed by atoms with Gasteiger partial charge >= 0.3 is 6.03 Å². The summed E-state index contributed by atoms with van der Waals surface area (Å²) in [5.41, 5.74) is 3.16. The van der Waals surface area contributed by atoms with Crippen molar-refractivity contribution in [3.8, 4) is 0 Å². The molecule has 0 bridgehead atoms. The molecule has 138 valence electrons. The summed E-state index contributed by atoms with van der Waals surface area (Å²) in [7, 11) is 0. The van der Waals surface area contributed by atoms with Gasteiger partial charge in [-0.2, -0.15) is 0 Å². The summed E-state index contributed by atoms with van der Waals surface area (Å²) in [5.74, 6) is 0. The SMILES string of the molecule is Cc1nc2nc(Sc3ccccc3)cnc2cc1NC(=O)Nc1ccccc1. The summed E-state index contributed by atoms with van der Waals surface area (Å²) in [6.07, 6.45) is 1.71. The van der Waals surface area contributed by atoms with Crippen molar-refractivity contribution >= 4 is 40.3 Å². The number of aryl methyl sites for hydroxylation is 1. The van der Waals surface area contributed by atoms with Gasteiger partial charge in [-0.05, 0) is 37.3 Å². The molecular formula is C21H17N5OS. The van der Waals surface area contributed by atoms with Crippen LogP contribution in [0, 0.1) is 6.92 Å². The molecule has 0 spiro atoms. The lowest BCUT2D eigenvalue weighted by Crippen LogP contribution is -2.20. The van der Waals surface area contributed by atoms with Crippen LogP contribution in [0.5, 0.6) is 0 Å². The van der Waals surface area contributed by atoms with Gasteiger partial charge in [0.1, 0.15) is 10.5 Å². The minimum atomic E-state index is -0.334. The van der Waals surface area contributed by atoms with E-state index in [1.54, 1.807) is 12.3 Å². The highest BCUT2D eigenvalue weighted by Gasteiger charge is 2.10. The summed E-state index contributed by atoms with van der Waals surface area (Å²) in [4.78, 5) is 26.9. The summed E-state index contributed by atoms with van der Waals surface area (Å²) in [6.45, 7) is 1.83. The first-order valence-electron chi connectivity index (χ1n) is 8.68. The number of fused-ring (bicyclic) bond motifs is 1. The highest BCUT2D eigenvalue weighted by Crippen LogP contribution is 2.27. The number of hydrogen-bond donors (Lipinski definition) is 2. The average molecular weight is 387 g/mol. The Morgan fingerprint density at radius 1 is 0.929 bits per heavy atom. The molecule has 2 aromatic carbocycles. The normalized spacial score (nSPS) is 10.6. The van der Waals surface area contributed by atoms with Crippen LogP contribution in [-0.2, 0) is 0 Å². The number of para-hydroxylation sites is 1. The molecule has 0 radical (unpaired) electrons. The van der Waals surface area contributed by atoms with Gasteiger partial charge in [0.2, 0.25) is 0 Å².